The number of aromatic nitrogens is 2. The Balaban J connectivity index is 1.65. The van der Waals surface area contributed by atoms with Crippen molar-refractivity contribution in [3.8, 4) is 22.5 Å². The maximum atomic E-state index is 12.1. The maximum absolute atomic E-state index is 12.1. The van der Waals surface area contributed by atoms with Gasteiger partial charge in [0.15, 0.2) is 0 Å². The fourth-order valence-corrected chi connectivity index (χ4v) is 3.23. The molecule has 2 aromatic carbocycles. The topological polar surface area (TPSA) is 57.8 Å². The summed E-state index contributed by atoms with van der Waals surface area (Å²) in [4.78, 5) is 12.1. The zero-order valence-corrected chi connectivity index (χ0v) is 13.8. The van der Waals surface area contributed by atoms with Gasteiger partial charge >= 0.3 is 0 Å². The number of carbonyl (C=O) groups is 1. The van der Waals surface area contributed by atoms with Gasteiger partial charge in [0, 0.05) is 34.7 Å². The fourth-order valence-electron chi connectivity index (χ4n) is 3.23. The SMILES string of the molecule is CC(C)NC(=O)c1ccc(-c2n[nH]c3c2Cc2ccccc2-3)cc1. The minimum atomic E-state index is -0.0452. The quantitative estimate of drug-likeness (QED) is 0.604. The fraction of sp³-hybridized carbons (Fsp3) is 0.200. The van der Waals surface area contributed by atoms with Crippen molar-refractivity contribution >= 4 is 5.91 Å². The average molecular weight is 317 g/mol. The standard InChI is InChI=1S/C20H19N3O/c1-12(2)21-20(24)14-9-7-13(8-10-14)18-17-11-15-5-3-4-6-16(15)19(17)23-22-18/h3-10,12H,11H2,1-2H3,(H,21,24)(H,22,23). The molecule has 4 rings (SSSR count). The van der Waals surface area contributed by atoms with E-state index in [0.29, 0.717) is 5.56 Å². The maximum Gasteiger partial charge on any atom is 0.251 e. The summed E-state index contributed by atoms with van der Waals surface area (Å²) in [6, 6.07) is 16.2. The number of H-pyrrole nitrogens is 1. The molecule has 1 heterocycles. The molecule has 1 amide bonds. The van der Waals surface area contributed by atoms with Crippen molar-refractivity contribution in [3.05, 3.63) is 65.2 Å². The highest BCUT2D eigenvalue weighted by Crippen LogP contribution is 2.39. The lowest BCUT2D eigenvalue weighted by molar-refractivity contribution is 0.0943. The van der Waals surface area contributed by atoms with Crippen LogP contribution < -0.4 is 5.32 Å². The van der Waals surface area contributed by atoms with Gasteiger partial charge in [0.2, 0.25) is 0 Å². The van der Waals surface area contributed by atoms with E-state index in [2.05, 4.69) is 39.8 Å². The van der Waals surface area contributed by atoms with Gasteiger partial charge in [0.05, 0.1) is 11.4 Å². The van der Waals surface area contributed by atoms with Crippen LogP contribution in [-0.2, 0) is 6.42 Å². The van der Waals surface area contributed by atoms with Crippen LogP contribution in [0, 0.1) is 0 Å². The van der Waals surface area contributed by atoms with Crippen molar-refractivity contribution in [2.75, 3.05) is 0 Å². The zero-order chi connectivity index (χ0) is 16.7. The lowest BCUT2D eigenvalue weighted by Crippen LogP contribution is -2.29. The Bertz CT molecular complexity index is 907. The summed E-state index contributed by atoms with van der Waals surface area (Å²) < 4.78 is 0. The average Bonchev–Trinajstić information content (AvgIpc) is 3.13. The first-order valence-electron chi connectivity index (χ1n) is 8.20. The molecule has 0 saturated heterocycles. The van der Waals surface area contributed by atoms with Crippen LogP contribution in [0.5, 0.6) is 0 Å². The second-order valence-corrected chi connectivity index (χ2v) is 6.47. The number of aromatic amines is 1. The molecule has 0 aliphatic heterocycles. The molecule has 3 aromatic rings. The summed E-state index contributed by atoms with van der Waals surface area (Å²) in [6.07, 6.45) is 0.896. The number of fused-ring (bicyclic) bond motifs is 3. The van der Waals surface area contributed by atoms with Crippen molar-refractivity contribution in [2.45, 2.75) is 26.3 Å². The van der Waals surface area contributed by atoms with Crippen LogP contribution in [0.15, 0.2) is 48.5 Å². The van der Waals surface area contributed by atoms with Gasteiger partial charge in [-0.2, -0.15) is 5.10 Å². The molecular formula is C20H19N3O. The molecule has 0 atom stereocenters. The zero-order valence-electron chi connectivity index (χ0n) is 13.8. The van der Waals surface area contributed by atoms with E-state index in [4.69, 9.17) is 0 Å². The first-order valence-corrected chi connectivity index (χ1v) is 8.20. The molecule has 1 aliphatic carbocycles. The van der Waals surface area contributed by atoms with Gasteiger partial charge in [-0.3, -0.25) is 9.89 Å². The Hall–Kier alpha value is -2.88. The minimum Gasteiger partial charge on any atom is -0.350 e. The summed E-state index contributed by atoms with van der Waals surface area (Å²) in [5.41, 5.74) is 7.58. The lowest BCUT2D eigenvalue weighted by Gasteiger charge is -2.08. The predicted octanol–water partition coefficient (Wildman–Crippen LogP) is 3.79. The van der Waals surface area contributed by atoms with E-state index in [-0.39, 0.29) is 11.9 Å². The normalized spacial score (nSPS) is 12.1. The molecule has 0 unspecified atom stereocenters. The molecule has 0 spiro atoms. The van der Waals surface area contributed by atoms with E-state index in [9.17, 15) is 4.79 Å². The van der Waals surface area contributed by atoms with Crippen LogP contribution in [-0.4, -0.2) is 22.1 Å². The second kappa shape index (κ2) is 5.64. The number of amides is 1. The van der Waals surface area contributed by atoms with E-state index in [1.807, 2.05) is 38.1 Å². The van der Waals surface area contributed by atoms with Gasteiger partial charge in [-0.1, -0.05) is 36.4 Å². The number of nitrogens with one attached hydrogen (secondary N) is 2. The summed E-state index contributed by atoms with van der Waals surface area (Å²) in [6.45, 7) is 3.91. The van der Waals surface area contributed by atoms with Gasteiger partial charge in [-0.05, 0) is 31.5 Å². The Labute approximate surface area is 140 Å². The highest BCUT2D eigenvalue weighted by molar-refractivity contribution is 5.95. The second-order valence-electron chi connectivity index (χ2n) is 6.47. The van der Waals surface area contributed by atoms with Gasteiger partial charge in [-0.15, -0.1) is 0 Å². The largest absolute Gasteiger partial charge is 0.350 e. The molecule has 4 nitrogen and oxygen atoms in total. The van der Waals surface area contributed by atoms with Crippen molar-refractivity contribution in [2.24, 2.45) is 0 Å². The van der Waals surface area contributed by atoms with Gasteiger partial charge in [-0.25, -0.2) is 0 Å². The molecule has 0 saturated carbocycles. The number of rotatable bonds is 3. The Morgan fingerprint density at radius 3 is 2.62 bits per heavy atom. The number of carbonyl (C=O) groups excluding carboxylic acids is 1. The summed E-state index contributed by atoms with van der Waals surface area (Å²) in [5.74, 6) is -0.0452. The van der Waals surface area contributed by atoms with E-state index in [1.165, 1.54) is 16.7 Å². The van der Waals surface area contributed by atoms with Crippen LogP contribution >= 0.6 is 0 Å². The van der Waals surface area contributed by atoms with Crippen LogP contribution in [0.25, 0.3) is 22.5 Å². The van der Waals surface area contributed by atoms with Crippen molar-refractivity contribution in [1.29, 1.82) is 0 Å². The highest BCUT2D eigenvalue weighted by atomic mass is 16.1. The lowest BCUT2D eigenvalue weighted by atomic mass is 10.0. The smallest absolute Gasteiger partial charge is 0.251 e. The molecule has 0 bridgehead atoms. The molecule has 0 fully saturated rings. The molecule has 4 heteroatoms. The first kappa shape index (κ1) is 14.7. The molecule has 24 heavy (non-hydrogen) atoms. The monoisotopic (exact) mass is 317 g/mol. The number of hydrogen-bond donors (Lipinski definition) is 2. The van der Waals surface area contributed by atoms with E-state index < -0.39 is 0 Å². The Kier molecular flexibility index (Phi) is 3.45. The third-order valence-corrected chi connectivity index (χ3v) is 4.36. The Morgan fingerprint density at radius 1 is 1.12 bits per heavy atom. The molecule has 120 valence electrons. The Morgan fingerprint density at radius 2 is 1.88 bits per heavy atom. The minimum absolute atomic E-state index is 0.0452. The molecule has 0 radical (unpaired) electrons. The first-order chi connectivity index (χ1) is 11.6. The highest BCUT2D eigenvalue weighted by Gasteiger charge is 2.24. The molecular weight excluding hydrogens is 298 g/mol. The van der Waals surface area contributed by atoms with Crippen LogP contribution in [0.3, 0.4) is 0 Å². The van der Waals surface area contributed by atoms with E-state index in [0.717, 1.165) is 23.4 Å². The summed E-state index contributed by atoms with van der Waals surface area (Å²) in [7, 11) is 0. The molecule has 1 aliphatic rings. The van der Waals surface area contributed by atoms with E-state index in [1.54, 1.807) is 0 Å². The van der Waals surface area contributed by atoms with Gasteiger partial charge in [0.1, 0.15) is 0 Å². The van der Waals surface area contributed by atoms with E-state index >= 15 is 0 Å². The van der Waals surface area contributed by atoms with Gasteiger partial charge in [0.25, 0.3) is 5.91 Å². The van der Waals surface area contributed by atoms with Crippen molar-refractivity contribution in [3.63, 3.8) is 0 Å². The number of nitrogens with zero attached hydrogens (tertiary/aromatic N) is 1. The number of hydrogen-bond acceptors (Lipinski definition) is 2. The summed E-state index contributed by atoms with van der Waals surface area (Å²) in [5, 5.41) is 10.6. The van der Waals surface area contributed by atoms with Crippen LogP contribution in [0.1, 0.15) is 35.3 Å². The van der Waals surface area contributed by atoms with Crippen molar-refractivity contribution < 1.29 is 4.79 Å². The number of benzene rings is 2. The molecule has 2 N–H and O–H groups in total. The summed E-state index contributed by atoms with van der Waals surface area (Å²) >= 11 is 0. The van der Waals surface area contributed by atoms with Gasteiger partial charge < -0.3 is 5.32 Å². The predicted molar refractivity (Wildman–Crippen MR) is 94.9 cm³/mol. The van der Waals surface area contributed by atoms with Crippen LogP contribution in [0.4, 0.5) is 0 Å². The third kappa shape index (κ3) is 2.40. The van der Waals surface area contributed by atoms with Crippen molar-refractivity contribution in [1.82, 2.24) is 15.5 Å². The third-order valence-electron chi connectivity index (χ3n) is 4.36. The molecule has 1 aromatic heterocycles. The van der Waals surface area contributed by atoms with Crippen LogP contribution in [0.2, 0.25) is 0 Å².